The van der Waals surface area contributed by atoms with E-state index < -0.39 is 0 Å². The summed E-state index contributed by atoms with van der Waals surface area (Å²) in [5.41, 5.74) is 5.82. The topological polar surface area (TPSA) is 62.9 Å². The maximum Gasteiger partial charge on any atom is 0.188 e. The van der Waals surface area contributed by atoms with Gasteiger partial charge in [-0.1, -0.05) is 13.8 Å². The molecule has 1 fully saturated rings. The molecule has 3 N–H and O–H groups in total. The van der Waals surface area contributed by atoms with E-state index in [4.69, 9.17) is 10.5 Å². The Labute approximate surface area is 117 Å². The van der Waals surface area contributed by atoms with E-state index in [0.29, 0.717) is 5.96 Å². The predicted octanol–water partition coefficient (Wildman–Crippen LogP) is 1.05. The summed E-state index contributed by atoms with van der Waals surface area (Å²) >= 11 is 0. The minimum Gasteiger partial charge on any atom is -0.379 e. The van der Waals surface area contributed by atoms with E-state index in [9.17, 15) is 0 Å². The van der Waals surface area contributed by atoms with Crippen molar-refractivity contribution in [3.8, 4) is 0 Å². The van der Waals surface area contributed by atoms with Crippen LogP contribution in [0, 0.1) is 5.92 Å². The van der Waals surface area contributed by atoms with Gasteiger partial charge in [-0.2, -0.15) is 0 Å². The van der Waals surface area contributed by atoms with Gasteiger partial charge in [0.05, 0.1) is 13.2 Å². The third kappa shape index (κ3) is 8.83. The lowest BCUT2D eigenvalue weighted by Gasteiger charge is -2.26. The molecule has 0 saturated carbocycles. The largest absolute Gasteiger partial charge is 0.379 e. The van der Waals surface area contributed by atoms with Crippen LogP contribution in [-0.4, -0.2) is 56.8 Å². The van der Waals surface area contributed by atoms with Gasteiger partial charge in [0, 0.05) is 32.7 Å². The van der Waals surface area contributed by atoms with Crippen LogP contribution in [0.4, 0.5) is 0 Å². The summed E-state index contributed by atoms with van der Waals surface area (Å²) in [4.78, 5) is 6.77. The molecule has 112 valence electrons. The zero-order chi connectivity index (χ0) is 13.9. The zero-order valence-electron chi connectivity index (χ0n) is 12.5. The summed E-state index contributed by atoms with van der Waals surface area (Å²) in [6, 6.07) is 0. The molecule has 0 radical (unpaired) electrons. The molecule has 0 aliphatic carbocycles. The van der Waals surface area contributed by atoms with E-state index in [2.05, 4.69) is 29.1 Å². The Hall–Kier alpha value is -0.810. The standard InChI is InChI=1S/C14H30N4O/c1-13(2)5-3-6-16-14(15)17-7-4-8-18-9-11-19-12-10-18/h13H,3-12H2,1-2H3,(H3,15,16,17). The normalized spacial score (nSPS) is 17.9. The van der Waals surface area contributed by atoms with Crippen LogP contribution in [-0.2, 0) is 4.74 Å². The first kappa shape index (κ1) is 16.2. The molecule has 0 amide bonds. The fourth-order valence-corrected chi connectivity index (χ4v) is 2.10. The van der Waals surface area contributed by atoms with Crippen molar-refractivity contribution in [2.45, 2.75) is 33.1 Å². The average molecular weight is 270 g/mol. The highest BCUT2D eigenvalue weighted by Crippen LogP contribution is 2.01. The smallest absolute Gasteiger partial charge is 0.188 e. The zero-order valence-corrected chi connectivity index (χ0v) is 12.5. The molecule has 0 unspecified atom stereocenters. The monoisotopic (exact) mass is 270 g/mol. The molecule has 19 heavy (non-hydrogen) atoms. The Kier molecular flexibility index (Phi) is 8.58. The number of ether oxygens (including phenoxy) is 1. The first-order valence-electron chi connectivity index (χ1n) is 7.52. The van der Waals surface area contributed by atoms with Crippen LogP contribution in [0.5, 0.6) is 0 Å². The highest BCUT2D eigenvalue weighted by molar-refractivity contribution is 5.77. The maximum atomic E-state index is 5.82. The van der Waals surface area contributed by atoms with Crippen molar-refractivity contribution in [3.05, 3.63) is 0 Å². The van der Waals surface area contributed by atoms with Crippen LogP contribution in [0.1, 0.15) is 33.1 Å². The van der Waals surface area contributed by atoms with Crippen LogP contribution in [0.25, 0.3) is 0 Å². The lowest BCUT2D eigenvalue weighted by molar-refractivity contribution is 0.0377. The quantitative estimate of drug-likeness (QED) is 0.393. The van der Waals surface area contributed by atoms with Gasteiger partial charge in [0.25, 0.3) is 0 Å². The molecule has 0 atom stereocenters. The van der Waals surface area contributed by atoms with Crippen LogP contribution < -0.4 is 11.1 Å². The van der Waals surface area contributed by atoms with Crippen LogP contribution in [0.3, 0.4) is 0 Å². The number of morpholine rings is 1. The molecule has 5 heteroatoms. The van der Waals surface area contributed by atoms with Gasteiger partial charge in [-0.25, -0.2) is 0 Å². The second kappa shape index (κ2) is 10.0. The van der Waals surface area contributed by atoms with Crippen LogP contribution >= 0.6 is 0 Å². The second-order valence-corrected chi connectivity index (χ2v) is 5.54. The first-order chi connectivity index (χ1) is 9.18. The van der Waals surface area contributed by atoms with Gasteiger partial charge in [0.15, 0.2) is 5.96 Å². The maximum absolute atomic E-state index is 5.82. The predicted molar refractivity (Wildman–Crippen MR) is 80.4 cm³/mol. The van der Waals surface area contributed by atoms with Crippen molar-refractivity contribution in [2.24, 2.45) is 16.6 Å². The number of aliphatic imine (C=N–C) groups is 1. The van der Waals surface area contributed by atoms with Crippen LogP contribution in [0.15, 0.2) is 4.99 Å². The van der Waals surface area contributed by atoms with Crippen molar-refractivity contribution < 1.29 is 4.74 Å². The van der Waals surface area contributed by atoms with Crippen molar-refractivity contribution in [1.29, 1.82) is 0 Å². The van der Waals surface area contributed by atoms with E-state index in [-0.39, 0.29) is 0 Å². The van der Waals surface area contributed by atoms with E-state index in [1.165, 1.54) is 6.42 Å². The summed E-state index contributed by atoms with van der Waals surface area (Å²) in [7, 11) is 0. The summed E-state index contributed by atoms with van der Waals surface area (Å²) in [5.74, 6) is 1.35. The number of hydrogen-bond donors (Lipinski definition) is 2. The lowest BCUT2D eigenvalue weighted by Crippen LogP contribution is -2.37. The number of guanidine groups is 1. The van der Waals surface area contributed by atoms with Crippen molar-refractivity contribution in [3.63, 3.8) is 0 Å². The van der Waals surface area contributed by atoms with Crippen molar-refractivity contribution >= 4 is 5.96 Å². The third-order valence-electron chi connectivity index (χ3n) is 3.28. The van der Waals surface area contributed by atoms with E-state index in [1.54, 1.807) is 0 Å². The molecule has 0 spiro atoms. The molecule has 0 bridgehead atoms. The van der Waals surface area contributed by atoms with Gasteiger partial charge in [-0.15, -0.1) is 0 Å². The third-order valence-corrected chi connectivity index (χ3v) is 3.28. The molecule has 1 aliphatic heterocycles. The Morgan fingerprint density at radius 2 is 2.05 bits per heavy atom. The number of rotatable bonds is 8. The summed E-state index contributed by atoms with van der Waals surface area (Å²) < 4.78 is 5.32. The molecule has 1 aliphatic rings. The molecule has 0 aromatic rings. The molecular formula is C14H30N4O. The fraction of sp³-hybridized carbons (Fsp3) is 0.929. The van der Waals surface area contributed by atoms with Gasteiger partial charge in [0.2, 0.25) is 0 Å². The number of nitrogens with one attached hydrogen (secondary N) is 1. The molecule has 1 saturated heterocycles. The van der Waals surface area contributed by atoms with Crippen LogP contribution in [0.2, 0.25) is 0 Å². The number of nitrogens with zero attached hydrogens (tertiary/aromatic N) is 2. The molecule has 0 aromatic heterocycles. The first-order valence-corrected chi connectivity index (χ1v) is 7.52. The molecule has 5 nitrogen and oxygen atoms in total. The minimum atomic E-state index is 0.589. The minimum absolute atomic E-state index is 0.589. The molecule has 1 heterocycles. The highest BCUT2D eigenvalue weighted by atomic mass is 16.5. The van der Waals surface area contributed by atoms with Gasteiger partial charge >= 0.3 is 0 Å². The van der Waals surface area contributed by atoms with Gasteiger partial charge in [0.1, 0.15) is 0 Å². The molecular weight excluding hydrogens is 240 g/mol. The van der Waals surface area contributed by atoms with E-state index in [1.807, 2.05) is 0 Å². The Morgan fingerprint density at radius 1 is 1.32 bits per heavy atom. The second-order valence-electron chi connectivity index (χ2n) is 5.54. The fourth-order valence-electron chi connectivity index (χ4n) is 2.10. The molecule has 0 aromatic carbocycles. The van der Waals surface area contributed by atoms with E-state index in [0.717, 1.165) is 64.7 Å². The average Bonchev–Trinajstić information content (AvgIpc) is 2.41. The Balaban J connectivity index is 1.97. The Bertz CT molecular complexity index is 250. The van der Waals surface area contributed by atoms with Crippen molar-refractivity contribution in [1.82, 2.24) is 10.2 Å². The lowest BCUT2D eigenvalue weighted by atomic mass is 10.1. The molecule has 1 rings (SSSR count). The van der Waals surface area contributed by atoms with Gasteiger partial charge in [-0.3, -0.25) is 9.89 Å². The highest BCUT2D eigenvalue weighted by Gasteiger charge is 2.08. The summed E-state index contributed by atoms with van der Waals surface area (Å²) in [6.45, 7) is 11.1. The summed E-state index contributed by atoms with van der Waals surface area (Å²) in [5, 5.41) is 3.17. The van der Waals surface area contributed by atoms with Gasteiger partial charge in [-0.05, 0) is 25.2 Å². The Morgan fingerprint density at radius 3 is 2.74 bits per heavy atom. The van der Waals surface area contributed by atoms with Gasteiger partial charge < -0.3 is 15.8 Å². The SMILES string of the molecule is CC(C)CCCNC(N)=NCCCN1CCOCC1. The number of hydrogen-bond acceptors (Lipinski definition) is 3. The van der Waals surface area contributed by atoms with E-state index >= 15 is 0 Å². The number of nitrogens with two attached hydrogens (primary N) is 1. The summed E-state index contributed by atoms with van der Waals surface area (Å²) in [6.07, 6.45) is 3.45. The van der Waals surface area contributed by atoms with Crippen molar-refractivity contribution in [2.75, 3.05) is 45.9 Å².